The van der Waals surface area contributed by atoms with Crippen LogP contribution >= 0.6 is 0 Å². The standard InChI is InChI=1S/C21H30O5/c1-4-6-7-17(5-2)14-24-21(25-15-19(22)16-26-21)13-12-18-8-10-20(23-3)11-9-18/h8-13,17H,4-7,14-16H2,1-3H3/b13-12+. The SMILES string of the molecule is CCCCC(CC)COC1(/C=C/c2ccc(OC)cc2)OCC(=O)CO1. The molecule has 0 bridgehead atoms. The van der Waals surface area contributed by atoms with Crippen molar-refractivity contribution in [3.63, 3.8) is 0 Å². The zero-order valence-corrected chi connectivity index (χ0v) is 16.0. The Morgan fingerprint density at radius 2 is 1.88 bits per heavy atom. The maximum Gasteiger partial charge on any atom is 0.305 e. The number of carbonyl (C=O) groups excluding carboxylic acids is 1. The molecule has 1 aromatic rings. The molecule has 1 aromatic carbocycles. The molecular formula is C21H30O5. The number of rotatable bonds is 10. The molecule has 0 radical (unpaired) electrons. The lowest BCUT2D eigenvalue weighted by molar-refractivity contribution is -0.359. The van der Waals surface area contributed by atoms with Crippen LogP contribution in [-0.2, 0) is 19.0 Å². The summed E-state index contributed by atoms with van der Waals surface area (Å²) in [6.45, 7) is 4.89. The minimum absolute atomic E-state index is 0.00129. The van der Waals surface area contributed by atoms with Crippen LogP contribution in [0.2, 0.25) is 0 Å². The van der Waals surface area contributed by atoms with Crippen molar-refractivity contribution in [2.45, 2.75) is 45.5 Å². The molecule has 5 nitrogen and oxygen atoms in total. The number of ether oxygens (including phenoxy) is 4. The number of Topliss-reactive ketones (excluding diaryl/α,β-unsaturated/α-hetero) is 1. The fourth-order valence-electron chi connectivity index (χ4n) is 2.72. The topological polar surface area (TPSA) is 54.0 Å². The number of benzene rings is 1. The highest BCUT2D eigenvalue weighted by Gasteiger charge is 2.36. The Morgan fingerprint density at radius 1 is 1.19 bits per heavy atom. The van der Waals surface area contributed by atoms with Crippen molar-refractivity contribution in [1.29, 1.82) is 0 Å². The summed E-state index contributed by atoms with van der Waals surface area (Å²) in [5.41, 5.74) is 0.968. The maximum atomic E-state index is 11.5. The molecule has 1 saturated heterocycles. The van der Waals surface area contributed by atoms with E-state index in [1.807, 2.05) is 30.3 Å². The van der Waals surface area contributed by atoms with Gasteiger partial charge in [-0.2, -0.15) is 0 Å². The second-order valence-electron chi connectivity index (χ2n) is 6.55. The molecule has 144 valence electrons. The van der Waals surface area contributed by atoms with Gasteiger partial charge in [0.2, 0.25) is 0 Å². The molecule has 1 aliphatic heterocycles. The Morgan fingerprint density at radius 3 is 2.46 bits per heavy atom. The minimum Gasteiger partial charge on any atom is -0.497 e. The molecule has 1 unspecified atom stereocenters. The van der Waals surface area contributed by atoms with E-state index in [0.717, 1.165) is 24.2 Å². The summed E-state index contributed by atoms with van der Waals surface area (Å²) >= 11 is 0. The lowest BCUT2D eigenvalue weighted by Crippen LogP contribution is -2.46. The van der Waals surface area contributed by atoms with Gasteiger partial charge in [-0.3, -0.25) is 4.79 Å². The Balaban J connectivity index is 2.05. The summed E-state index contributed by atoms with van der Waals surface area (Å²) in [6.07, 6.45) is 8.12. The van der Waals surface area contributed by atoms with E-state index >= 15 is 0 Å². The number of carbonyl (C=O) groups is 1. The molecule has 5 heteroatoms. The third-order valence-electron chi connectivity index (χ3n) is 4.53. The van der Waals surface area contributed by atoms with E-state index in [0.29, 0.717) is 12.5 Å². The minimum atomic E-state index is -1.30. The molecule has 0 amide bonds. The van der Waals surface area contributed by atoms with Crippen LogP contribution in [0, 0.1) is 5.92 Å². The lowest BCUT2D eigenvalue weighted by Gasteiger charge is -2.34. The zero-order chi connectivity index (χ0) is 18.8. The van der Waals surface area contributed by atoms with Crippen molar-refractivity contribution in [3.8, 4) is 5.75 Å². The summed E-state index contributed by atoms with van der Waals surface area (Å²) in [4.78, 5) is 11.5. The summed E-state index contributed by atoms with van der Waals surface area (Å²) in [5, 5.41) is 0. The second kappa shape index (κ2) is 10.5. The van der Waals surface area contributed by atoms with Crippen molar-refractivity contribution in [3.05, 3.63) is 35.9 Å². The van der Waals surface area contributed by atoms with Crippen LogP contribution in [0.3, 0.4) is 0 Å². The summed E-state index contributed by atoms with van der Waals surface area (Å²) in [6, 6.07) is 7.65. The third-order valence-corrected chi connectivity index (χ3v) is 4.53. The monoisotopic (exact) mass is 362 g/mol. The van der Waals surface area contributed by atoms with Gasteiger partial charge in [-0.1, -0.05) is 51.3 Å². The third kappa shape index (κ3) is 6.24. The van der Waals surface area contributed by atoms with Gasteiger partial charge in [0.1, 0.15) is 19.0 Å². The predicted octanol–water partition coefficient (Wildman–Crippen LogP) is 4.21. The van der Waals surface area contributed by atoms with Crippen LogP contribution < -0.4 is 4.74 Å². The molecule has 0 aliphatic carbocycles. The van der Waals surface area contributed by atoms with Gasteiger partial charge in [0.25, 0.3) is 0 Å². The molecule has 26 heavy (non-hydrogen) atoms. The van der Waals surface area contributed by atoms with Crippen molar-refractivity contribution in [2.24, 2.45) is 5.92 Å². The summed E-state index contributed by atoms with van der Waals surface area (Å²) < 4.78 is 22.5. The molecule has 1 heterocycles. The Bertz CT molecular complexity index is 569. The number of hydrogen-bond acceptors (Lipinski definition) is 5. The molecule has 1 atom stereocenters. The first kappa shape index (κ1) is 20.6. The highest BCUT2D eigenvalue weighted by Crippen LogP contribution is 2.25. The van der Waals surface area contributed by atoms with Gasteiger partial charge >= 0.3 is 5.97 Å². The number of unbranched alkanes of at least 4 members (excludes halogenated alkanes) is 1. The first-order chi connectivity index (χ1) is 12.6. The predicted molar refractivity (Wildman–Crippen MR) is 101 cm³/mol. The molecule has 0 saturated carbocycles. The van der Waals surface area contributed by atoms with E-state index in [1.54, 1.807) is 13.2 Å². The van der Waals surface area contributed by atoms with Crippen molar-refractivity contribution >= 4 is 11.9 Å². The molecule has 0 spiro atoms. The van der Waals surface area contributed by atoms with Crippen LogP contribution in [0.5, 0.6) is 5.75 Å². The van der Waals surface area contributed by atoms with E-state index in [9.17, 15) is 4.79 Å². The van der Waals surface area contributed by atoms with Crippen molar-refractivity contribution in [2.75, 3.05) is 26.9 Å². The van der Waals surface area contributed by atoms with E-state index in [2.05, 4.69) is 13.8 Å². The quantitative estimate of drug-likeness (QED) is 0.624. The van der Waals surface area contributed by atoms with Gasteiger partial charge in [-0.15, -0.1) is 0 Å². The summed E-state index contributed by atoms with van der Waals surface area (Å²) in [5.74, 6) is -0.135. The van der Waals surface area contributed by atoms with E-state index in [4.69, 9.17) is 18.9 Å². The van der Waals surface area contributed by atoms with Crippen molar-refractivity contribution in [1.82, 2.24) is 0 Å². The largest absolute Gasteiger partial charge is 0.497 e. The van der Waals surface area contributed by atoms with Gasteiger partial charge < -0.3 is 18.9 Å². The van der Waals surface area contributed by atoms with Gasteiger partial charge in [0.05, 0.1) is 13.7 Å². The Labute approximate surface area is 156 Å². The second-order valence-corrected chi connectivity index (χ2v) is 6.55. The molecule has 1 fully saturated rings. The first-order valence-electron chi connectivity index (χ1n) is 9.37. The number of hydrogen-bond donors (Lipinski definition) is 0. The number of ketones is 1. The van der Waals surface area contributed by atoms with Crippen LogP contribution in [0.25, 0.3) is 6.08 Å². The van der Waals surface area contributed by atoms with Gasteiger partial charge in [0, 0.05) is 6.08 Å². The highest BCUT2D eigenvalue weighted by molar-refractivity contribution is 5.81. The smallest absolute Gasteiger partial charge is 0.305 e. The van der Waals surface area contributed by atoms with Crippen LogP contribution in [0.4, 0.5) is 0 Å². The average molecular weight is 362 g/mol. The van der Waals surface area contributed by atoms with E-state index < -0.39 is 5.97 Å². The first-order valence-corrected chi connectivity index (χ1v) is 9.37. The Kier molecular flexibility index (Phi) is 8.29. The average Bonchev–Trinajstić information content (AvgIpc) is 2.69. The van der Waals surface area contributed by atoms with Gasteiger partial charge in [0.15, 0.2) is 5.78 Å². The van der Waals surface area contributed by atoms with Crippen LogP contribution in [0.15, 0.2) is 30.3 Å². The van der Waals surface area contributed by atoms with Gasteiger partial charge in [-0.05, 0) is 30.0 Å². The van der Waals surface area contributed by atoms with Crippen LogP contribution in [-0.4, -0.2) is 38.7 Å². The lowest BCUT2D eigenvalue weighted by atomic mass is 10.0. The fourth-order valence-corrected chi connectivity index (χ4v) is 2.72. The van der Waals surface area contributed by atoms with E-state index in [-0.39, 0.29) is 19.0 Å². The van der Waals surface area contributed by atoms with Crippen LogP contribution in [0.1, 0.15) is 45.1 Å². The highest BCUT2D eigenvalue weighted by atomic mass is 16.9. The maximum absolute atomic E-state index is 11.5. The normalized spacial score (nSPS) is 18.2. The number of methoxy groups -OCH3 is 1. The molecular weight excluding hydrogens is 332 g/mol. The fraction of sp³-hybridized carbons (Fsp3) is 0.571. The molecule has 2 rings (SSSR count). The zero-order valence-electron chi connectivity index (χ0n) is 16.0. The molecule has 0 N–H and O–H groups in total. The van der Waals surface area contributed by atoms with Gasteiger partial charge in [-0.25, -0.2) is 0 Å². The van der Waals surface area contributed by atoms with E-state index in [1.165, 1.54) is 12.8 Å². The summed E-state index contributed by atoms with van der Waals surface area (Å²) in [7, 11) is 1.64. The van der Waals surface area contributed by atoms with Crippen molar-refractivity contribution < 1.29 is 23.7 Å². The molecule has 0 aromatic heterocycles. The Hall–Kier alpha value is -1.69. The molecule has 1 aliphatic rings.